The van der Waals surface area contributed by atoms with Crippen molar-refractivity contribution in [1.82, 2.24) is 0 Å². The number of ether oxygens (including phenoxy) is 1. The first-order chi connectivity index (χ1) is 9.88. The average Bonchev–Trinajstić information content (AvgIpc) is 2.44. The molecule has 0 fully saturated rings. The molecule has 0 atom stereocenters. The highest BCUT2D eigenvalue weighted by Gasteiger charge is 2.16. The molecule has 2 N–H and O–H groups in total. The van der Waals surface area contributed by atoms with Gasteiger partial charge in [-0.1, -0.05) is 17.7 Å². The molecule has 0 bridgehead atoms. The summed E-state index contributed by atoms with van der Waals surface area (Å²) in [6.45, 7) is -0.241. The zero-order valence-corrected chi connectivity index (χ0v) is 11.3. The number of halogens is 4. The lowest BCUT2D eigenvalue weighted by atomic mass is 10.2. The molecule has 0 saturated heterocycles. The van der Waals surface area contributed by atoms with Crippen molar-refractivity contribution in [2.45, 2.75) is 6.61 Å². The van der Waals surface area contributed by atoms with Crippen LogP contribution in [0.4, 0.5) is 18.9 Å². The Bertz CT molecular complexity index is 707. The van der Waals surface area contributed by atoms with Gasteiger partial charge < -0.3 is 10.5 Å². The van der Waals surface area contributed by atoms with Crippen molar-refractivity contribution in [1.29, 1.82) is 0 Å². The summed E-state index contributed by atoms with van der Waals surface area (Å²) in [5, 5.41) is -0.124. The number of rotatable bonds is 3. The number of hydrogen-bond donors (Lipinski definition) is 1. The van der Waals surface area contributed by atoms with Crippen molar-refractivity contribution in [3.63, 3.8) is 0 Å². The van der Waals surface area contributed by atoms with Crippen LogP contribution < -0.4 is 5.73 Å². The van der Waals surface area contributed by atoms with Gasteiger partial charge in [-0.25, -0.2) is 18.0 Å². The molecule has 0 aliphatic rings. The zero-order valence-electron chi connectivity index (χ0n) is 10.5. The molecule has 110 valence electrons. The van der Waals surface area contributed by atoms with Gasteiger partial charge in [-0.15, -0.1) is 0 Å². The van der Waals surface area contributed by atoms with Gasteiger partial charge in [-0.2, -0.15) is 0 Å². The maximum Gasteiger partial charge on any atom is 0.341 e. The fourth-order valence-corrected chi connectivity index (χ4v) is 1.78. The Morgan fingerprint density at radius 3 is 2.48 bits per heavy atom. The van der Waals surface area contributed by atoms with E-state index in [1.54, 1.807) is 0 Å². The van der Waals surface area contributed by atoms with E-state index in [-0.39, 0.29) is 17.3 Å². The van der Waals surface area contributed by atoms with Gasteiger partial charge in [0.25, 0.3) is 0 Å². The Balaban J connectivity index is 2.11. The largest absolute Gasteiger partial charge is 0.457 e. The van der Waals surface area contributed by atoms with Crippen LogP contribution in [-0.4, -0.2) is 5.97 Å². The third kappa shape index (κ3) is 3.46. The number of nitrogens with two attached hydrogens (primary N) is 1. The Labute approximate surface area is 123 Å². The number of anilines is 1. The molecule has 0 aliphatic heterocycles. The Morgan fingerprint density at radius 1 is 1.10 bits per heavy atom. The molecule has 2 aromatic rings. The van der Waals surface area contributed by atoms with Crippen molar-refractivity contribution in [3.05, 3.63) is 63.9 Å². The summed E-state index contributed by atoms with van der Waals surface area (Å²) < 4.78 is 44.3. The molecule has 3 nitrogen and oxygen atoms in total. The van der Waals surface area contributed by atoms with Crippen molar-refractivity contribution in [2.24, 2.45) is 0 Å². The van der Waals surface area contributed by atoms with E-state index in [4.69, 9.17) is 22.1 Å². The Hall–Kier alpha value is -2.21. The molecule has 0 unspecified atom stereocenters. The van der Waals surface area contributed by atoms with Gasteiger partial charge in [0, 0.05) is 6.07 Å². The molecular weight excluding hydrogens is 307 g/mol. The van der Waals surface area contributed by atoms with E-state index < -0.39 is 29.0 Å². The predicted octanol–water partition coefficient (Wildman–Crippen LogP) is 3.70. The highest BCUT2D eigenvalue weighted by Crippen LogP contribution is 2.19. The van der Waals surface area contributed by atoms with E-state index in [1.165, 1.54) is 12.1 Å². The summed E-state index contributed by atoms with van der Waals surface area (Å²) in [5.41, 5.74) is 4.83. The van der Waals surface area contributed by atoms with Crippen molar-refractivity contribution < 1.29 is 22.7 Å². The van der Waals surface area contributed by atoms with Crippen molar-refractivity contribution in [2.75, 3.05) is 5.73 Å². The fraction of sp³-hybridized carbons (Fsp3) is 0.0714. The molecule has 0 radical (unpaired) electrons. The van der Waals surface area contributed by atoms with Crippen LogP contribution in [0.3, 0.4) is 0 Å². The smallest absolute Gasteiger partial charge is 0.341 e. The first-order valence-corrected chi connectivity index (χ1v) is 6.12. The van der Waals surface area contributed by atoms with Crippen LogP contribution in [0.5, 0.6) is 0 Å². The van der Waals surface area contributed by atoms with Crippen LogP contribution >= 0.6 is 11.6 Å². The highest BCUT2D eigenvalue weighted by molar-refractivity contribution is 6.30. The zero-order chi connectivity index (χ0) is 15.6. The summed E-state index contributed by atoms with van der Waals surface area (Å²) in [6, 6.07) is 5.11. The molecule has 0 aromatic heterocycles. The summed E-state index contributed by atoms with van der Waals surface area (Å²) in [5.74, 6) is -3.66. The van der Waals surface area contributed by atoms with Crippen molar-refractivity contribution >= 4 is 23.3 Å². The minimum atomic E-state index is -1.08. The second-order valence-corrected chi connectivity index (χ2v) is 4.59. The second kappa shape index (κ2) is 6.05. The third-order valence-electron chi connectivity index (χ3n) is 2.66. The topological polar surface area (TPSA) is 52.3 Å². The Kier molecular flexibility index (Phi) is 4.37. The van der Waals surface area contributed by atoms with E-state index in [1.807, 2.05) is 0 Å². The minimum absolute atomic E-state index is 0.124. The van der Waals surface area contributed by atoms with Gasteiger partial charge in [0.15, 0.2) is 0 Å². The molecule has 0 spiro atoms. The number of esters is 1. The monoisotopic (exact) mass is 315 g/mol. The average molecular weight is 316 g/mol. The number of benzene rings is 2. The molecule has 0 heterocycles. The van der Waals surface area contributed by atoms with Gasteiger partial charge in [-0.3, -0.25) is 0 Å². The number of carbonyl (C=O) groups is 1. The number of hydrogen-bond acceptors (Lipinski definition) is 3. The molecule has 21 heavy (non-hydrogen) atoms. The normalized spacial score (nSPS) is 10.5. The standard InChI is InChI=1S/C14H9ClF3NO2/c15-9-3-7(1-2-10(9)16)6-21-14(20)8-4-13(19)12(18)5-11(8)17/h1-5H,6,19H2. The maximum atomic E-state index is 13.5. The van der Waals surface area contributed by atoms with Gasteiger partial charge in [0.2, 0.25) is 0 Å². The molecule has 7 heteroatoms. The third-order valence-corrected chi connectivity index (χ3v) is 2.95. The van der Waals surface area contributed by atoms with Crippen LogP contribution in [0.1, 0.15) is 15.9 Å². The molecule has 0 saturated carbocycles. The maximum absolute atomic E-state index is 13.5. The van der Waals surface area contributed by atoms with Gasteiger partial charge in [0.05, 0.1) is 16.3 Å². The van der Waals surface area contributed by atoms with Gasteiger partial charge in [0.1, 0.15) is 24.1 Å². The highest BCUT2D eigenvalue weighted by atomic mass is 35.5. The van der Waals surface area contributed by atoms with Crippen LogP contribution in [0.15, 0.2) is 30.3 Å². The van der Waals surface area contributed by atoms with Gasteiger partial charge in [-0.05, 0) is 23.8 Å². The Morgan fingerprint density at radius 2 is 1.81 bits per heavy atom. The lowest BCUT2D eigenvalue weighted by Crippen LogP contribution is -2.09. The molecule has 2 aromatic carbocycles. The lowest BCUT2D eigenvalue weighted by Gasteiger charge is -2.07. The van der Waals surface area contributed by atoms with Gasteiger partial charge >= 0.3 is 5.97 Å². The lowest BCUT2D eigenvalue weighted by molar-refractivity contribution is 0.0467. The van der Waals surface area contributed by atoms with E-state index in [0.717, 1.165) is 12.1 Å². The molecule has 0 amide bonds. The summed E-state index contributed by atoms with van der Waals surface area (Å²) in [4.78, 5) is 11.7. The molecule has 2 rings (SSSR count). The van der Waals surface area contributed by atoms with E-state index in [0.29, 0.717) is 11.6 Å². The fourth-order valence-electron chi connectivity index (χ4n) is 1.58. The first-order valence-electron chi connectivity index (χ1n) is 5.74. The van der Waals surface area contributed by atoms with Crippen LogP contribution in [0, 0.1) is 17.5 Å². The van der Waals surface area contributed by atoms with E-state index in [9.17, 15) is 18.0 Å². The van der Waals surface area contributed by atoms with Crippen molar-refractivity contribution in [3.8, 4) is 0 Å². The van der Waals surface area contributed by atoms with E-state index in [2.05, 4.69) is 0 Å². The SMILES string of the molecule is Nc1cc(C(=O)OCc2ccc(F)c(Cl)c2)c(F)cc1F. The quantitative estimate of drug-likeness (QED) is 0.694. The number of nitrogen functional groups attached to an aromatic ring is 1. The number of carbonyl (C=O) groups excluding carboxylic acids is 1. The second-order valence-electron chi connectivity index (χ2n) is 4.18. The summed E-state index contributed by atoms with van der Waals surface area (Å²) >= 11 is 5.58. The first kappa shape index (κ1) is 15.2. The summed E-state index contributed by atoms with van der Waals surface area (Å²) in [6.07, 6.45) is 0. The minimum Gasteiger partial charge on any atom is -0.457 e. The van der Waals surface area contributed by atoms with Crippen LogP contribution in [0.25, 0.3) is 0 Å². The predicted molar refractivity (Wildman–Crippen MR) is 71.3 cm³/mol. The molecular formula is C14H9ClF3NO2. The van der Waals surface area contributed by atoms with Crippen LogP contribution in [0.2, 0.25) is 5.02 Å². The van der Waals surface area contributed by atoms with Crippen LogP contribution in [-0.2, 0) is 11.3 Å². The van der Waals surface area contributed by atoms with E-state index >= 15 is 0 Å². The summed E-state index contributed by atoms with van der Waals surface area (Å²) in [7, 11) is 0. The molecule has 0 aliphatic carbocycles.